The van der Waals surface area contributed by atoms with Gasteiger partial charge in [0.2, 0.25) is 0 Å². The number of hydrogen-bond donors (Lipinski definition) is 1. The number of alkyl halides is 3. The molecule has 1 aromatic rings. The lowest BCUT2D eigenvalue weighted by molar-refractivity contribution is -0.127. The predicted octanol–water partition coefficient (Wildman–Crippen LogP) is 3.14. The number of rotatable bonds is 1. The number of anilines is 1. The van der Waals surface area contributed by atoms with Crippen molar-refractivity contribution in [1.82, 2.24) is 0 Å². The molecule has 0 aliphatic carbocycles. The van der Waals surface area contributed by atoms with Gasteiger partial charge >= 0.3 is 6.18 Å². The Kier molecular flexibility index (Phi) is 2.85. The zero-order chi connectivity index (χ0) is 10.1. The van der Waals surface area contributed by atoms with E-state index in [0.29, 0.717) is 10.2 Å². The highest BCUT2D eigenvalue weighted by Gasteiger charge is 2.28. The SMILES string of the molecule is Nc1ccc(CC(F)(F)F)c(Br)c1. The molecule has 0 saturated carbocycles. The van der Waals surface area contributed by atoms with E-state index in [1.54, 1.807) is 0 Å². The van der Waals surface area contributed by atoms with Crippen LogP contribution in [-0.4, -0.2) is 6.18 Å². The Morgan fingerprint density at radius 2 is 1.92 bits per heavy atom. The maximum absolute atomic E-state index is 12.0. The van der Waals surface area contributed by atoms with Gasteiger partial charge in [0.25, 0.3) is 0 Å². The molecule has 72 valence electrons. The van der Waals surface area contributed by atoms with Crippen molar-refractivity contribution in [2.45, 2.75) is 12.6 Å². The number of hydrogen-bond acceptors (Lipinski definition) is 1. The Morgan fingerprint density at radius 3 is 2.38 bits per heavy atom. The first-order valence-corrected chi connectivity index (χ1v) is 4.28. The maximum atomic E-state index is 12.0. The summed E-state index contributed by atoms with van der Waals surface area (Å²) in [6, 6.07) is 4.28. The zero-order valence-corrected chi connectivity index (χ0v) is 8.11. The normalized spacial score (nSPS) is 11.7. The summed E-state index contributed by atoms with van der Waals surface area (Å²) in [6.45, 7) is 0. The molecule has 0 aliphatic rings. The van der Waals surface area contributed by atoms with E-state index in [9.17, 15) is 13.2 Å². The van der Waals surface area contributed by atoms with Crippen LogP contribution >= 0.6 is 15.9 Å². The van der Waals surface area contributed by atoms with Gasteiger partial charge in [0.15, 0.2) is 0 Å². The van der Waals surface area contributed by atoms with E-state index in [1.165, 1.54) is 18.2 Å². The van der Waals surface area contributed by atoms with Crippen LogP contribution in [-0.2, 0) is 6.42 Å². The second-order valence-corrected chi connectivity index (χ2v) is 3.50. The number of nitrogens with two attached hydrogens (primary N) is 1. The van der Waals surface area contributed by atoms with E-state index in [4.69, 9.17) is 5.73 Å². The van der Waals surface area contributed by atoms with Crippen LogP contribution in [0.3, 0.4) is 0 Å². The number of benzene rings is 1. The molecular formula is C8H7BrF3N. The molecule has 0 amide bonds. The molecular weight excluding hydrogens is 247 g/mol. The summed E-state index contributed by atoms with van der Waals surface area (Å²) in [4.78, 5) is 0. The second kappa shape index (κ2) is 3.57. The van der Waals surface area contributed by atoms with Crippen molar-refractivity contribution >= 4 is 21.6 Å². The summed E-state index contributed by atoms with van der Waals surface area (Å²) in [5.74, 6) is 0. The first-order valence-electron chi connectivity index (χ1n) is 3.49. The van der Waals surface area contributed by atoms with Gasteiger partial charge in [-0.25, -0.2) is 0 Å². The molecule has 2 N–H and O–H groups in total. The first kappa shape index (κ1) is 10.4. The molecule has 0 atom stereocenters. The van der Waals surface area contributed by atoms with Gasteiger partial charge in [0.05, 0.1) is 6.42 Å². The van der Waals surface area contributed by atoms with Crippen molar-refractivity contribution in [2.75, 3.05) is 5.73 Å². The molecule has 0 aliphatic heterocycles. The highest BCUT2D eigenvalue weighted by molar-refractivity contribution is 9.10. The zero-order valence-electron chi connectivity index (χ0n) is 6.53. The van der Waals surface area contributed by atoms with E-state index < -0.39 is 12.6 Å². The lowest BCUT2D eigenvalue weighted by atomic mass is 10.1. The molecule has 1 aromatic carbocycles. The van der Waals surface area contributed by atoms with Gasteiger partial charge in [0.1, 0.15) is 0 Å². The van der Waals surface area contributed by atoms with Gasteiger partial charge in [-0.15, -0.1) is 0 Å². The van der Waals surface area contributed by atoms with Gasteiger partial charge < -0.3 is 5.73 Å². The number of nitrogen functional groups attached to an aromatic ring is 1. The second-order valence-electron chi connectivity index (χ2n) is 2.64. The minimum Gasteiger partial charge on any atom is -0.399 e. The molecule has 1 nitrogen and oxygen atoms in total. The fraction of sp³-hybridized carbons (Fsp3) is 0.250. The van der Waals surface area contributed by atoms with Crippen LogP contribution in [0.1, 0.15) is 5.56 Å². The lowest BCUT2D eigenvalue weighted by Crippen LogP contribution is -2.11. The minimum absolute atomic E-state index is 0.196. The average Bonchev–Trinajstić information content (AvgIpc) is 1.93. The van der Waals surface area contributed by atoms with Crippen LogP contribution in [0.5, 0.6) is 0 Å². The third-order valence-electron chi connectivity index (χ3n) is 1.47. The van der Waals surface area contributed by atoms with E-state index in [1.807, 2.05) is 0 Å². The fourth-order valence-electron chi connectivity index (χ4n) is 0.923. The average molecular weight is 254 g/mol. The summed E-state index contributed by atoms with van der Waals surface area (Å²) in [5.41, 5.74) is 6.02. The topological polar surface area (TPSA) is 26.0 Å². The third-order valence-corrected chi connectivity index (χ3v) is 2.21. The fourth-order valence-corrected chi connectivity index (χ4v) is 1.46. The van der Waals surface area contributed by atoms with Gasteiger partial charge in [-0.05, 0) is 17.7 Å². The van der Waals surface area contributed by atoms with Crippen LogP contribution in [0.15, 0.2) is 22.7 Å². The van der Waals surface area contributed by atoms with Crippen molar-refractivity contribution in [3.63, 3.8) is 0 Å². The quantitative estimate of drug-likeness (QED) is 0.765. The van der Waals surface area contributed by atoms with Gasteiger partial charge in [-0.2, -0.15) is 13.2 Å². The van der Waals surface area contributed by atoms with Crippen molar-refractivity contribution in [3.8, 4) is 0 Å². The summed E-state index contributed by atoms with van der Waals surface area (Å²) >= 11 is 3.02. The summed E-state index contributed by atoms with van der Waals surface area (Å²) in [7, 11) is 0. The molecule has 0 heterocycles. The smallest absolute Gasteiger partial charge is 0.393 e. The molecule has 1 rings (SSSR count). The monoisotopic (exact) mass is 253 g/mol. The number of halogens is 4. The standard InChI is InChI=1S/C8H7BrF3N/c9-7-3-6(13)2-1-5(7)4-8(10,11)12/h1-3H,4,13H2. The molecule has 0 fully saturated rings. The van der Waals surface area contributed by atoms with Gasteiger partial charge in [-0.1, -0.05) is 22.0 Å². The Bertz CT molecular complexity index is 309. The van der Waals surface area contributed by atoms with Crippen molar-refractivity contribution in [1.29, 1.82) is 0 Å². The summed E-state index contributed by atoms with van der Waals surface area (Å²) < 4.78 is 36.3. The highest BCUT2D eigenvalue weighted by atomic mass is 79.9. The molecule has 0 unspecified atom stereocenters. The van der Waals surface area contributed by atoms with Crippen molar-refractivity contribution in [2.24, 2.45) is 0 Å². The molecule has 13 heavy (non-hydrogen) atoms. The van der Waals surface area contributed by atoms with Crippen LogP contribution in [0.2, 0.25) is 0 Å². The Labute approximate surface area is 81.9 Å². The maximum Gasteiger partial charge on any atom is 0.393 e. The third kappa shape index (κ3) is 3.26. The van der Waals surface area contributed by atoms with E-state index in [-0.39, 0.29) is 5.56 Å². The molecule has 0 radical (unpaired) electrons. The van der Waals surface area contributed by atoms with Crippen LogP contribution in [0.4, 0.5) is 18.9 Å². The first-order chi connectivity index (χ1) is 5.88. The van der Waals surface area contributed by atoms with Crippen LogP contribution in [0, 0.1) is 0 Å². The minimum atomic E-state index is -4.18. The van der Waals surface area contributed by atoms with Gasteiger partial charge in [-0.3, -0.25) is 0 Å². The predicted molar refractivity (Wildman–Crippen MR) is 48.3 cm³/mol. The lowest BCUT2D eigenvalue weighted by Gasteiger charge is -2.08. The Morgan fingerprint density at radius 1 is 1.31 bits per heavy atom. The molecule has 0 bridgehead atoms. The summed E-state index contributed by atoms with van der Waals surface area (Å²) in [6.07, 6.45) is -5.12. The van der Waals surface area contributed by atoms with Crippen molar-refractivity contribution in [3.05, 3.63) is 28.2 Å². The van der Waals surface area contributed by atoms with E-state index in [2.05, 4.69) is 15.9 Å². The van der Waals surface area contributed by atoms with E-state index >= 15 is 0 Å². The molecule has 0 spiro atoms. The van der Waals surface area contributed by atoms with Crippen LogP contribution in [0.25, 0.3) is 0 Å². The van der Waals surface area contributed by atoms with Gasteiger partial charge in [0, 0.05) is 10.2 Å². The van der Waals surface area contributed by atoms with E-state index in [0.717, 1.165) is 0 Å². The van der Waals surface area contributed by atoms with Crippen molar-refractivity contribution < 1.29 is 13.2 Å². The Hall–Kier alpha value is -0.710. The molecule has 5 heteroatoms. The summed E-state index contributed by atoms with van der Waals surface area (Å²) in [5, 5.41) is 0. The highest BCUT2D eigenvalue weighted by Crippen LogP contribution is 2.27. The largest absolute Gasteiger partial charge is 0.399 e. The molecule has 0 saturated heterocycles. The van der Waals surface area contributed by atoms with Crippen LogP contribution < -0.4 is 5.73 Å². The molecule has 0 aromatic heterocycles. The Balaban J connectivity index is 2.90.